The summed E-state index contributed by atoms with van der Waals surface area (Å²) in [6, 6.07) is 8.20. The minimum atomic E-state index is -5.08. The van der Waals surface area contributed by atoms with E-state index < -0.39 is 20.5 Å². The standard InChI is InChI=1S/C16H26NO5P.2Na/c1-3-8-14(9-4-2)16(18)17-15(12-22-23(19,20)21)13-10-6-5-7-11-13;;/h5-7,10-11,14-15H,3-4,8-9,12H2,1-2H3,(H,17,18)(H2,19,20,21);;/q;2*+1/p-2/t15-;;/m1../s1. The molecule has 1 N–H and O–H groups in total. The van der Waals surface area contributed by atoms with Crippen molar-refractivity contribution in [2.75, 3.05) is 6.61 Å². The molecule has 25 heavy (non-hydrogen) atoms. The largest absolute Gasteiger partial charge is 1.00 e. The number of carbonyl (C=O) groups is 1. The Morgan fingerprint density at radius 1 is 1.12 bits per heavy atom. The number of benzene rings is 1. The molecular weight excluding hydrogens is 363 g/mol. The number of rotatable bonds is 10. The zero-order valence-electron chi connectivity index (χ0n) is 15.6. The molecule has 1 rings (SSSR count). The van der Waals surface area contributed by atoms with Gasteiger partial charge in [0.2, 0.25) is 5.91 Å². The van der Waals surface area contributed by atoms with Crippen molar-refractivity contribution in [3.8, 4) is 0 Å². The van der Waals surface area contributed by atoms with Gasteiger partial charge in [0.05, 0.1) is 20.5 Å². The average Bonchev–Trinajstić information content (AvgIpc) is 2.51. The summed E-state index contributed by atoms with van der Waals surface area (Å²) in [5, 5.41) is 2.81. The normalized spacial score (nSPS) is 12.0. The van der Waals surface area contributed by atoms with Gasteiger partial charge in [-0.3, -0.25) is 4.79 Å². The van der Waals surface area contributed by atoms with E-state index in [2.05, 4.69) is 9.84 Å². The quantitative estimate of drug-likeness (QED) is 0.325. The molecule has 0 saturated heterocycles. The van der Waals surface area contributed by atoms with E-state index in [0.717, 1.165) is 25.7 Å². The van der Waals surface area contributed by atoms with E-state index in [1.54, 1.807) is 24.3 Å². The van der Waals surface area contributed by atoms with Gasteiger partial charge in [-0.15, -0.1) is 0 Å². The van der Waals surface area contributed by atoms with Crippen molar-refractivity contribution in [3.63, 3.8) is 0 Å². The van der Waals surface area contributed by atoms with E-state index in [1.807, 2.05) is 19.9 Å². The number of phosphoric acid groups is 1. The first-order chi connectivity index (χ1) is 10.9. The molecule has 0 spiro atoms. The summed E-state index contributed by atoms with van der Waals surface area (Å²) in [6.07, 6.45) is 3.31. The number of hydrogen-bond donors (Lipinski definition) is 1. The van der Waals surface area contributed by atoms with Gasteiger partial charge in [-0.1, -0.05) is 57.0 Å². The van der Waals surface area contributed by atoms with Gasteiger partial charge in [-0.05, 0) is 18.4 Å². The Balaban J connectivity index is 0. The summed E-state index contributed by atoms with van der Waals surface area (Å²) < 4.78 is 15.1. The Labute approximate surface area is 194 Å². The molecule has 1 amide bonds. The number of carbonyl (C=O) groups excluding carboxylic acids is 1. The van der Waals surface area contributed by atoms with Crippen molar-refractivity contribution in [3.05, 3.63) is 35.9 Å². The van der Waals surface area contributed by atoms with Crippen LogP contribution in [0.3, 0.4) is 0 Å². The molecular formula is C16H24NNa2O5P. The van der Waals surface area contributed by atoms with Crippen LogP contribution in [0.1, 0.15) is 51.1 Å². The zero-order chi connectivity index (χ0) is 17.3. The number of amides is 1. The van der Waals surface area contributed by atoms with Gasteiger partial charge in [0, 0.05) is 5.92 Å². The molecule has 0 aliphatic carbocycles. The van der Waals surface area contributed by atoms with Crippen molar-refractivity contribution in [1.29, 1.82) is 0 Å². The molecule has 6 nitrogen and oxygen atoms in total. The Hall–Kier alpha value is 0.800. The summed E-state index contributed by atoms with van der Waals surface area (Å²) >= 11 is 0. The van der Waals surface area contributed by atoms with Crippen LogP contribution in [-0.4, -0.2) is 12.5 Å². The first-order valence-electron chi connectivity index (χ1n) is 7.89. The van der Waals surface area contributed by atoms with Gasteiger partial charge in [0.15, 0.2) is 0 Å². The molecule has 1 aromatic carbocycles. The average molecular weight is 387 g/mol. The van der Waals surface area contributed by atoms with Gasteiger partial charge in [0.1, 0.15) is 0 Å². The first kappa shape index (κ1) is 28.0. The van der Waals surface area contributed by atoms with Crippen LogP contribution in [0.5, 0.6) is 0 Å². The minimum Gasteiger partial charge on any atom is -0.790 e. The Morgan fingerprint density at radius 2 is 1.64 bits per heavy atom. The number of hydrogen-bond acceptors (Lipinski definition) is 5. The van der Waals surface area contributed by atoms with E-state index in [1.165, 1.54) is 0 Å². The second-order valence-electron chi connectivity index (χ2n) is 5.49. The predicted molar refractivity (Wildman–Crippen MR) is 84.2 cm³/mol. The molecule has 1 atom stereocenters. The third-order valence-corrected chi connectivity index (χ3v) is 4.03. The fraction of sp³-hybridized carbons (Fsp3) is 0.562. The summed E-state index contributed by atoms with van der Waals surface area (Å²) in [4.78, 5) is 33.9. The predicted octanol–water partition coefficient (Wildman–Crippen LogP) is -4.09. The van der Waals surface area contributed by atoms with Crippen molar-refractivity contribution >= 4 is 13.7 Å². The summed E-state index contributed by atoms with van der Waals surface area (Å²) in [5.74, 6) is -0.264. The fourth-order valence-corrected chi connectivity index (χ4v) is 2.80. The first-order valence-corrected chi connectivity index (χ1v) is 9.35. The second kappa shape index (κ2) is 14.8. The molecule has 0 aliphatic heterocycles. The molecule has 0 fully saturated rings. The van der Waals surface area contributed by atoms with Crippen molar-refractivity contribution < 1.29 is 82.8 Å². The van der Waals surface area contributed by atoms with Gasteiger partial charge in [-0.25, -0.2) is 0 Å². The SMILES string of the molecule is CCCC(CCC)C(=O)N[C@H](COP(=O)([O-])[O-])c1ccccc1.[Na+].[Na+]. The van der Waals surface area contributed by atoms with Crippen molar-refractivity contribution in [2.24, 2.45) is 5.92 Å². The summed E-state index contributed by atoms with van der Waals surface area (Å²) in [7, 11) is -5.08. The van der Waals surface area contributed by atoms with Crippen LogP contribution in [0.25, 0.3) is 0 Å². The maximum atomic E-state index is 12.4. The van der Waals surface area contributed by atoms with Gasteiger partial charge in [0.25, 0.3) is 0 Å². The van der Waals surface area contributed by atoms with E-state index >= 15 is 0 Å². The maximum Gasteiger partial charge on any atom is 1.00 e. The number of nitrogens with one attached hydrogen (secondary N) is 1. The van der Waals surface area contributed by atoms with Crippen LogP contribution in [0.4, 0.5) is 0 Å². The van der Waals surface area contributed by atoms with Crippen molar-refractivity contribution in [2.45, 2.75) is 45.6 Å². The molecule has 0 aromatic heterocycles. The van der Waals surface area contributed by atoms with Crippen LogP contribution < -0.4 is 74.2 Å². The Kier molecular flexibility index (Phi) is 16.6. The van der Waals surface area contributed by atoms with Gasteiger partial charge in [-0.2, -0.15) is 0 Å². The van der Waals surface area contributed by atoms with E-state index in [-0.39, 0.29) is 70.9 Å². The molecule has 0 heterocycles. The van der Waals surface area contributed by atoms with Crippen LogP contribution in [0.15, 0.2) is 30.3 Å². The Morgan fingerprint density at radius 3 is 2.08 bits per heavy atom. The smallest absolute Gasteiger partial charge is 0.790 e. The molecule has 1 aromatic rings. The molecule has 0 radical (unpaired) electrons. The van der Waals surface area contributed by atoms with Crippen LogP contribution >= 0.6 is 7.82 Å². The number of phosphoric ester groups is 1. The van der Waals surface area contributed by atoms with E-state index in [4.69, 9.17) is 0 Å². The third-order valence-electron chi connectivity index (χ3n) is 3.56. The van der Waals surface area contributed by atoms with Gasteiger partial charge < -0.3 is 24.2 Å². The molecule has 0 bridgehead atoms. The molecule has 130 valence electrons. The fourth-order valence-electron chi connectivity index (χ4n) is 2.47. The minimum absolute atomic E-state index is 0. The van der Waals surface area contributed by atoms with Crippen LogP contribution in [0, 0.1) is 5.92 Å². The van der Waals surface area contributed by atoms with Crippen LogP contribution in [0.2, 0.25) is 0 Å². The molecule has 0 saturated carbocycles. The summed E-state index contributed by atoms with van der Waals surface area (Å²) in [5.41, 5.74) is 0.695. The van der Waals surface area contributed by atoms with E-state index in [9.17, 15) is 19.1 Å². The van der Waals surface area contributed by atoms with Crippen molar-refractivity contribution in [1.82, 2.24) is 5.32 Å². The maximum absolute atomic E-state index is 12.4. The topological polar surface area (TPSA) is 102 Å². The molecule has 0 aliphatic rings. The third kappa shape index (κ3) is 12.0. The van der Waals surface area contributed by atoms with Crippen LogP contribution in [-0.2, 0) is 13.9 Å². The van der Waals surface area contributed by atoms with Gasteiger partial charge >= 0.3 is 59.1 Å². The van der Waals surface area contributed by atoms with E-state index in [0.29, 0.717) is 5.56 Å². The second-order valence-corrected chi connectivity index (χ2v) is 6.64. The molecule has 9 heteroatoms. The Bertz CT molecular complexity index is 521. The zero-order valence-corrected chi connectivity index (χ0v) is 20.5. The summed E-state index contributed by atoms with van der Waals surface area (Å²) in [6.45, 7) is 3.63. The molecule has 0 unspecified atom stereocenters. The monoisotopic (exact) mass is 387 g/mol.